The highest BCUT2D eigenvalue weighted by atomic mass is 79.9. The first-order valence-corrected chi connectivity index (χ1v) is 9.23. The first-order chi connectivity index (χ1) is 9.35. The molecule has 1 aliphatic heterocycles. The highest BCUT2D eigenvalue weighted by Crippen LogP contribution is 2.24. The number of sulfone groups is 1. The lowest BCUT2D eigenvalue weighted by atomic mass is 10.0. The summed E-state index contributed by atoms with van der Waals surface area (Å²) in [5, 5.41) is 2.85. The third-order valence-corrected chi connectivity index (χ3v) is 6.27. The van der Waals surface area contributed by atoms with Crippen LogP contribution in [0.5, 0.6) is 0 Å². The monoisotopic (exact) mass is 359 g/mol. The van der Waals surface area contributed by atoms with Crippen LogP contribution in [0.1, 0.15) is 24.8 Å². The van der Waals surface area contributed by atoms with Gasteiger partial charge in [0.15, 0.2) is 9.84 Å². The van der Waals surface area contributed by atoms with Gasteiger partial charge in [-0.15, -0.1) is 0 Å². The maximum absolute atomic E-state index is 11.9. The summed E-state index contributed by atoms with van der Waals surface area (Å²) in [4.78, 5) is 11.9. The van der Waals surface area contributed by atoms with Crippen LogP contribution in [0.2, 0.25) is 0 Å². The first kappa shape index (κ1) is 15.5. The number of rotatable bonds is 4. The van der Waals surface area contributed by atoms with Gasteiger partial charge in [-0.2, -0.15) is 0 Å². The van der Waals surface area contributed by atoms with E-state index in [0.717, 1.165) is 15.7 Å². The molecule has 0 aromatic heterocycles. The molecule has 0 bridgehead atoms. The molecule has 1 aromatic rings. The van der Waals surface area contributed by atoms with Crippen molar-refractivity contribution in [3.8, 4) is 0 Å². The van der Waals surface area contributed by atoms with Gasteiger partial charge < -0.3 is 5.32 Å². The van der Waals surface area contributed by atoms with Gasteiger partial charge in [-0.05, 0) is 49.4 Å². The molecule has 1 aliphatic rings. The Hall–Kier alpha value is -0.880. The minimum absolute atomic E-state index is 0.0592. The zero-order chi connectivity index (χ0) is 14.8. The molecule has 1 fully saturated rings. The van der Waals surface area contributed by atoms with Gasteiger partial charge in [0, 0.05) is 16.6 Å². The van der Waals surface area contributed by atoms with Crippen LogP contribution in [0.15, 0.2) is 22.7 Å². The average Bonchev–Trinajstić information content (AvgIpc) is 2.71. The molecular weight excluding hydrogens is 342 g/mol. The summed E-state index contributed by atoms with van der Waals surface area (Å²) < 4.78 is 23.7. The number of nitrogens with one attached hydrogen (secondary N) is 1. The standard InChI is InChI=1S/C14H18BrNO3S/c1-10-8-12(3-4-13(10)15)16-14(17)5-2-11-6-7-20(18,19)9-11/h3-4,8,11H,2,5-7,9H2,1H3,(H,16,17). The van der Waals surface area contributed by atoms with Gasteiger partial charge >= 0.3 is 0 Å². The molecule has 20 heavy (non-hydrogen) atoms. The maximum atomic E-state index is 11.9. The molecule has 4 nitrogen and oxygen atoms in total. The van der Waals surface area contributed by atoms with Crippen LogP contribution in [0, 0.1) is 12.8 Å². The van der Waals surface area contributed by atoms with E-state index in [4.69, 9.17) is 0 Å². The molecule has 1 amide bonds. The zero-order valence-electron chi connectivity index (χ0n) is 11.4. The number of hydrogen-bond acceptors (Lipinski definition) is 3. The van der Waals surface area contributed by atoms with Crippen LogP contribution in [-0.4, -0.2) is 25.8 Å². The van der Waals surface area contributed by atoms with Crippen LogP contribution in [0.25, 0.3) is 0 Å². The van der Waals surface area contributed by atoms with Crippen molar-refractivity contribution in [2.45, 2.75) is 26.2 Å². The maximum Gasteiger partial charge on any atom is 0.224 e. The van der Waals surface area contributed by atoms with Gasteiger partial charge in [0.05, 0.1) is 11.5 Å². The molecule has 2 rings (SSSR count). The van der Waals surface area contributed by atoms with Gasteiger partial charge in [-0.25, -0.2) is 8.42 Å². The molecule has 1 aromatic carbocycles. The number of anilines is 1. The first-order valence-electron chi connectivity index (χ1n) is 6.62. The fourth-order valence-electron chi connectivity index (χ4n) is 2.38. The van der Waals surface area contributed by atoms with E-state index in [2.05, 4.69) is 21.2 Å². The SMILES string of the molecule is Cc1cc(NC(=O)CCC2CCS(=O)(=O)C2)ccc1Br. The van der Waals surface area contributed by atoms with Crippen molar-refractivity contribution in [1.29, 1.82) is 0 Å². The molecule has 6 heteroatoms. The van der Waals surface area contributed by atoms with E-state index >= 15 is 0 Å². The molecule has 1 N–H and O–H groups in total. The summed E-state index contributed by atoms with van der Waals surface area (Å²) in [5.74, 6) is 0.580. The van der Waals surface area contributed by atoms with Crippen LogP contribution >= 0.6 is 15.9 Å². The van der Waals surface area contributed by atoms with Crippen molar-refractivity contribution in [2.75, 3.05) is 16.8 Å². The molecule has 1 unspecified atom stereocenters. The van der Waals surface area contributed by atoms with E-state index in [-0.39, 0.29) is 23.3 Å². The Balaban J connectivity index is 1.82. The highest BCUT2D eigenvalue weighted by Gasteiger charge is 2.27. The molecule has 0 aliphatic carbocycles. The second-order valence-corrected chi connectivity index (χ2v) is 8.40. The summed E-state index contributed by atoms with van der Waals surface area (Å²) in [6.07, 6.45) is 1.70. The predicted octanol–water partition coefficient (Wildman–Crippen LogP) is 2.91. The Morgan fingerprint density at radius 1 is 1.45 bits per heavy atom. The molecule has 1 atom stereocenters. The fourth-order valence-corrected chi connectivity index (χ4v) is 4.54. The van der Waals surface area contributed by atoms with E-state index in [0.29, 0.717) is 19.3 Å². The summed E-state index contributed by atoms with van der Waals surface area (Å²) in [5.41, 5.74) is 1.83. The van der Waals surface area contributed by atoms with Crippen molar-refractivity contribution in [3.63, 3.8) is 0 Å². The number of hydrogen-bond donors (Lipinski definition) is 1. The number of carbonyl (C=O) groups excluding carboxylic acids is 1. The lowest BCUT2D eigenvalue weighted by molar-refractivity contribution is -0.116. The van der Waals surface area contributed by atoms with Crippen LogP contribution in [0.3, 0.4) is 0 Å². The van der Waals surface area contributed by atoms with Crippen LogP contribution in [-0.2, 0) is 14.6 Å². The minimum Gasteiger partial charge on any atom is -0.326 e. The lowest BCUT2D eigenvalue weighted by Gasteiger charge is -2.09. The van der Waals surface area contributed by atoms with E-state index in [1.54, 1.807) is 0 Å². The van der Waals surface area contributed by atoms with Crippen LogP contribution in [0.4, 0.5) is 5.69 Å². The molecule has 1 heterocycles. The highest BCUT2D eigenvalue weighted by molar-refractivity contribution is 9.10. The summed E-state index contributed by atoms with van der Waals surface area (Å²) in [6.45, 7) is 1.96. The van der Waals surface area contributed by atoms with Gasteiger partial charge in [-0.1, -0.05) is 15.9 Å². The summed E-state index contributed by atoms with van der Waals surface area (Å²) in [6, 6.07) is 5.64. The Bertz CT molecular complexity index is 613. The summed E-state index contributed by atoms with van der Waals surface area (Å²) >= 11 is 3.41. The smallest absolute Gasteiger partial charge is 0.224 e. The van der Waals surface area contributed by atoms with Crippen molar-refractivity contribution in [2.24, 2.45) is 5.92 Å². The van der Waals surface area contributed by atoms with E-state index in [1.807, 2.05) is 25.1 Å². The Morgan fingerprint density at radius 2 is 2.20 bits per heavy atom. The number of carbonyl (C=O) groups is 1. The minimum atomic E-state index is -2.85. The molecule has 110 valence electrons. The predicted molar refractivity (Wildman–Crippen MR) is 83.5 cm³/mol. The van der Waals surface area contributed by atoms with Crippen molar-refractivity contribution < 1.29 is 13.2 Å². The number of aryl methyl sites for hydroxylation is 1. The van der Waals surface area contributed by atoms with Crippen LogP contribution < -0.4 is 5.32 Å². The van der Waals surface area contributed by atoms with Gasteiger partial charge in [0.1, 0.15) is 0 Å². The van der Waals surface area contributed by atoms with E-state index < -0.39 is 9.84 Å². The fraction of sp³-hybridized carbons (Fsp3) is 0.500. The van der Waals surface area contributed by atoms with E-state index in [1.165, 1.54) is 0 Å². The Labute approximate surface area is 128 Å². The zero-order valence-corrected chi connectivity index (χ0v) is 13.8. The molecule has 1 saturated heterocycles. The van der Waals surface area contributed by atoms with E-state index in [9.17, 15) is 13.2 Å². The number of amides is 1. The second kappa shape index (κ2) is 6.26. The molecule has 0 spiro atoms. The topological polar surface area (TPSA) is 63.2 Å². The van der Waals surface area contributed by atoms with Gasteiger partial charge in [0.2, 0.25) is 5.91 Å². The quantitative estimate of drug-likeness (QED) is 0.898. The van der Waals surface area contributed by atoms with Gasteiger partial charge in [0.25, 0.3) is 0 Å². The van der Waals surface area contributed by atoms with Gasteiger partial charge in [-0.3, -0.25) is 4.79 Å². The van der Waals surface area contributed by atoms with Crippen molar-refractivity contribution in [3.05, 3.63) is 28.2 Å². The Morgan fingerprint density at radius 3 is 2.80 bits per heavy atom. The third-order valence-electron chi connectivity index (χ3n) is 3.55. The largest absolute Gasteiger partial charge is 0.326 e. The Kier molecular flexibility index (Phi) is 4.86. The third kappa shape index (κ3) is 4.31. The number of halogens is 1. The molecule has 0 radical (unpaired) electrons. The molecular formula is C14H18BrNO3S. The summed E-state index contributed by atoms with van der Waals surface area (Å²) in [7, 11) is -2.85. The molecule has 0 saturated carbocycles. The lowest BCUT2D eigenvalue weighted by Crippen LogP contribution is -2.14. The number of benzene rings is 1. The van der Waals surface area contributed by atoms with Crippen molar-refractivity contribution >= 4 is 37.4 Å². The second-order valence-electron chi connectivity index (χ2n) is 5.32. The normalized spacial score (nSPS) is 20.8. The average molecular weight is 360 g/mol. The van der Waals surface area contributed by atoms with Crippen molar-refractivity contribution in [1.82, 2.24) is 0 Å².